The molecule has 2 fully saturated rings. The van der Waals surface area contributed by atoms with Crippen molar-refractivity contribution in [3.05, 3.63) is 120 Å². The molecule has 0 unspecified atom stereocenters. The van der Waals surface area contributed by atoms with Crippen molar-refractivity contribution in [3.63, 3.8) is 0 Å². The zero-order valence-corrected chi connectivity index (χ0v) is 45.1. The van der Waals surface area contributed by atoms with Gasteiger partial charge in [-0.25, -0.2) is 28.2 Å². The Balaban J connectivity index is 0.000000169. The van der Waals surface area contributed by atoms with Crippen molar-refractivity contribution in [1.29, 1.82) is 0 Å². The molecule has 2 saturated heterocycles. The molecule has 6 aromatic rings. The van der Waals surface area contributed by atoms with E-state index in [1.54, 1.807) is 56.8 Å². The molecule has 4 aliphatic heterocycles. The van der Waals surface area contributed by atoms with Gasteiger partial charge >= 0.3 is 24.2 Å². The summed E-state index contributed by atoms with van der Waals surface area (Å²) in [5.41, 5.74) is 7.61. The van der Waals surface area contributed by atoms with Crippen LogP contribution in [0.25, 0.3) is 22.4 Å². The fourth-order valence-electron chi connectivity index (χ4n) is 8.70. The topological polar surface area (TPSA) is 255 Å². The maximum Gasteiger partial charge on any atom is 0.410 e. The molecule has 0 atom stereocenters. The van der Waals surface area contributed by atoms with Gasteiger partial charge in [-0.2, -0.15) is 9.97 Å². The molecule has 2 aromatic carbocycles. The number of aromatic nitrogens is 6. The lowest BCUT2D eigenvalue weighted by molar-refractivity contribution is 0.0173. The van der Waals surface area contributed by atoms with Crippen molar-refractivity contribution < 1.29 is 43.3 Å². The summed E-state index contributed by atoms with van der Waals surface area (Å²) in [6.45, 7) is 15.3. The highest BCUT2D eigenvalue weighted by atomic mass is 16.6. The Morgan fingerprint density at radius 1 is 0.705 bits per heavy atom. The van der Waals surface area contributed by atoms with Crippen molar-refractivity contribution >= 4 is 75.9 Å². The summed E-state index contributed by atoms with van der Waals surface area (Å²) in [7, 11) is 3.69. The first-order valence-corrected chi connectivity index (χ1v) is 26.0. The fourth-order valence-corrected chi connectivity index (χ4v) is 8.70. The predicted molar refractivity (Wildman–Crippen MR) is 294 cm³/mol. The molecule has 10 rings (SSSR count). The average Bonchev–Trinajstić information content (AvgIpc) is 4.02. The van der Waals surface area contributed by atoms with Crippen molar-refractivity contribution in [1.82, 2.24) is 59.4 Å². The molecule has 4 aliphatic rings. The molecule has 8 heterocycles. The number of fused-ring (bicyclic) bond motifs is 2. The molecule has 0 radical (unpaired) electrons. The number of ether oxygens (including phenoxy) is 3. The molecule has 5 N–H and O–H groups in total. The number of likely N-dealkylation sites (N-methyl/N-ethyl adjacent to an activating group) is 2. The van der Waals surface area contributed by atoms with Gasteiger partial charge in [-0.3, -0.25) is 4.79 Å². The van der Waals surface area contributed by atoms with Gasteiger partial charge < -0.3 is 60.2 Å². The molecule has 0 spiro atoms. The van der Waals surface area contributed by atoms with Gasteiger partial charge in [0.05, 0.1) is 24.8 Å². The van der Waals surface area contributed by atoms with Crippen molar-refractivity contribution in [3.8, 4) is 0 Å². The van der Waals surface area contributed by atoms with Gasteiger partial charge in [0.25, 0.3) is 5.91 Å². The number of carbonyl (C=O) groups is 5. The molecular formula is C55H68N14O9. The second-order valence-electron chi connectivity index (χ2n) is 19.8. The third-order valence-corrected chi connectivity index (χ3v) is 13.2. The summed E-state index contributed by atoms with van der Waals surface area (Å²) < 4.78 is 18.8. The Hall–Kier alpha value is -8.57. The minimum Gasteiger partial charge on any atom is -0.478 e. The number of rotatable bonds is 12. The number of aromatic carboxylic acids is 1. The quantitative estimate of drug-likeness (QED) is 0.0773. The molecule has 412 valence electrons. The summed E-state index contributed by atoms with van der Waals surface area (Å²) in [6, 6.07) is 22.3. The van der Waals surface area contributed by atoms with Crippen LogP contribution < -0.4 is 21.3 Å². The highest BCUT2D eigenvalue weighted by molar-refractivity contribution is 5.95. The summed E-state index contributed by atoms with van der Waals surface area (Å²) in [6.07, 6.45) is 8.34. The number of nitrogens with zero attached hydrogens (tertiary/aromatic N) is 10. The van der Waals surface area contributed by atoms with E-state index in [1.807, 2.05) is 106 Å². The van der Waals surface area contributed by atoms with E-state index in [0.29, 0.717) is 86.7 Å². The number of carbonyl (C=O) groups excluding carboxylic acids is 4. The maximum atomic E-state index is 12.6. The van der Waals surface area contributed by atoms with Crippen LogP contribution in [0.1, 0.15) is 79.3 Å². The summed E-state index contributed by atoms with van der Waals surface area (Å²) >= 11 is 0. The SMILES string of the molecule is CCOC(=O)N1CC=C(c2cccn3nc(Nc4ccc(C(=O)N5CC(NC)C5)cc4)nc23)CC1.CCOC(=O)N1CC=C(c2cccn3nc(Nc4ccc(C(=O)O)cc4)nc23)CC1.CN(C(=O)OC(C)(C)C)C1CNC1. The lowest BCUT2D eigenvalue weighted by Crippen LogP contribution is -2.58. The van der Waals surface area contributed by atoms with Crippen LogP contribution in [-0.2, 0) is 14.2 Å². The Morgan fingerprint density at radius 3 is 1.56 bits per heavy atom. The second kappa shape index (κ2) is 25.1. The highest BCUT2D eigenvalue weighted by Crippen LogP contribution is 2.29. The average molecular weight is 1070 g/mol. The Kier molecular flexibility index (Phi) is 17.9. The van der Waals surface area contributed by atoms with Crippen LogP contribution in [0.5, 0.6) is 0 Å². The van der Waals surface area contributed by atoms with E-state index >= 15 is 0 Å². The summed E-state index contributed by atoms with van der Waals surface area (Å²) in [5.74, 6) is -0.0454. The van der Waals surface area contributed by atoms with E-state index in [9.17, 15) is 24.0 Å². The number of amides is 4. The first-order chi connectivity index (χ1) is 37.5. The molecule has 78 heavy (non-hydrogen) atoms. The van der Waals surface area contributed by atoms with Gasteiger partial charge in [-0.05, 0) is 138 Å². The normalized spacial score (nSPS) is 15.5. The number of nitrogens with one attached hydrogen (secondary N) is 4. The van der Waals surface area contributed by atoms with E-state index in [0.717, 1.165) is 66.2 Å². The fraction of sp³-hybridized carbons (Fsp3) is 0.400. The van der Waals surface area contributed by atoms with Gasteiger partial charge in [-0.1, -0.05) is 12.2 Å². The third kappa shape index (κ3) is 13.9. The monoisotopic (exact) mass is 1070 g/mol. The molecular weight excluding hydrogens is 1000 g/mol. The van der Waals surface area contributed by atoms with Crippen LogP contribution in [0.3, 0.4) is 0 Å². The van der Waals surface area contributed by atoms with Gasteiger partial charge in [-0.15, -0.1) is 10.2 Å². The molecule has 0 bridgehead atoms. The van der Waals surface area contributed by atoms with Crippen LogP contribution in [0.4, 0.5) is 37.7 Å². The van der Waals surface area contributed by atoms with E-state index in [1.165, 1.54) is 12.1 Å². The van der Waals surface area contributed by atoms with E-state index < -0.39 is 11.6 Å². The van der Waals surface area contributed by atoms with Crippen LogP contribution in [0.15, 0.2) is 97.3 Å². The summed E-state index contributed by atoms with van der Waals surface area (Å²) in [5, 5.41) is 30.6. The number of carboxylic acid groups (broad SMARTS) is 1. The van der Waals surface area contributed by atoms with Crippen LogP contribution in [-0.4, -0.2) is 181 Å². The lowest BCUT2D eigenvalue weighted by Gasteiger charge is -2.39. The largest absolute Gasteiger partial charge is 0.478 e. The zero-order chi connectivity index (χ0) is 55.5. The first kappa shape index (κ1) is 55.7. The van der Waals surface area contributed by atoms with E-state index in [-0.39, 0.29) is 29.8 Å². The lowest BCUT2D eigenvalue weighted by atomic mass is 10.0. The Labute approximate surface area is 452 Å². The smallest absolute Gasteiger partial charge is 0.410 e. The van der Waals surface area contributed by atoms with Crippen molar-refractivity contribution in [2.45, 2.75) is 65.1 Å². The number of hydrogen-bond donors (Lipinski definition) is 5. The third-order valence-electron chi connectivity index (χ3n) is 13.2. The van der Waals surface area contributed by atoms with Gasteiger partial charge in [0.2, 0.25) is 11.9 Å². The van der Waals surface area contributed by atoms with Gasteiger partial charge in [0.1, 0.15) is 5.60 Å². The van der Waals surface area contributed by atoms with Gasteiger partial charge in [0.15, 0.2) is 11.3 Å². The minimum absolute atomic E-state index is 0.0424. The number of likely N-dealkylation sites (tertiary alicyclic amines) is 1. The Morgan fingerprint density at radius 2 is 1.18 bits per heavy atom. The first-order valence-electron chi connectivity index (χ1n) is 26.0. The second-order valence-corrected chi connectivity index (χ2v) is 19.8. The number of carboxylic acids is 1. The van der Waals surface area contributed by atoms with Crippen LogP contribution in [0.2, 0.25) is 0 Å². The number of pyridine rings is 2. The maximum absolute atomic E-state index is 12.6. The summed E-state index contributed by atoms with van der Waals surface area (Å²) in [4.78, 5) is 75.1. The zero-order valence-electron chi connectivity index (χ0n) is 45.1. The van der Waals surface area contributed by atoms with Crippen molar-refractivity contribution in [2.75, 3.05) is 90.3 Å². The van der Waals surface area contributed by atoms with E-state index in [2.05, 4.69) is 36.4 Å². The molecule has 23 nitrogen and oxygen atoms in total. The van der Waals surface area contributed by atoms with Crippen molar-refractivity contribution in [2.24, 2.45) is 0 Å². The molecule has 0 aliphatic carbocycles. The number of anilines is 4. The highest BCUT2D eigenvalue weighted by Gasteiger charge is 2.31. The molecule has 0 saturated carbocycles. The van der Waals surface area contributed by atoms with E-state index in [4.69, 9.17) is 24.3 Å². The number of hydrogen-bond acceptors (Lipinski definition) is 16. The van der Waals surface area contributed by atoms with Gasteiger partial charge in [0, 0.05) is 106 Å². The standard InChI is InChI=1S/C25H29N7O3.C21H21N5O4.C9H18N2O2/c1-3-35-25(34)30-13-10-17(11-14-30)21-5-4-12-32-22(21)28-24(29-32)27-19-8-6-18(7-9-19)23(33)31-15-20(16-31)26-2;1-2-30-21(29)25-12-9-14(10-13-25)17-4-3-11-26-18(17)23-20(24-26)22-16-7-5-15(6-8-16)19(27)28;1-9(2,3)13-8(12)11(4)7-5-10-6-7/h4-10,12,20,26H,3,11,13-16H2,1-2H3,(H,27,29);3-9,11H,2,10,12-13H2,1H3,(H,22,24)(H,27,28);7,10H,5-6H2,1-4H3. The molecule has 4 aromatic heterocycles. The molecule has 23 heteroatoms. The van der Waals surface area contributed by atoms with Crippen LogP contribution in [0, 0.1) is 0 Å². The molecule has 4 amide bonds. The van der Waals surface area contributed by atoms with Crippen LogP contribution >= 0.6 is 0 Å². The predicted octanol–water partition coefficient (Wildman–Crippen LogP) is 7.00. The number of benzene rings is 2. The minimum atomic E-state index is -0.973. The Bertz CT molecular complexity index is 3160.